The first-order valence-electron chi connectivity index (χ1n) is 9.31. The lowest BCUT2D eigenvalue weighted by Crippen LogP contribution is -2.52. The molecule has 1 fully saturated rings. The van der Waals surface area contributed by atoms with E-state index in [1.807, 2.05) is 35.2 Å². The summed E-state index contributed by atoms with van der Waals surface area (Å²) in [5.41, 5.74) is 1.09. The molecular weight excluding hydrogens is 314 g/mol. The lowest BCUT2D eigenvalue weighted by atomic mass is 10.0. The van der Waals surface area contributed by atoms with Crippen LogP contribution in [0.2, 0.25) is 0 Å². The number of nitrogens with one attached hydrogen (secondary N) is 1. The number of rotatable bonds is 6. The maximum Gasteiger partial charge on any atom is 0.318 e. The minimum Gasteiger partial charge on any atom is -0.340 e. The number of carbonyl (C=O) groups is 2. The third-order valence-electron chi connectivity index (χ3n) is 4.58. The second-order valence-electron chi connectivity index (χ2n) is 7.36. The SMILES string of the molecule is CC(C)C[C@H](NC(=O)N1CCCCC1)C(=O)N(C)Cc1ccccc1. The molecule has 138 valence electrons. The Labute approximate surface area is 151 Å². The molecule has 25 heavy (non-hydrogen) atoms. The zero-order chi connectivity index (χ0) is 18.2. The number of urea groups is 1. The van der Waals surface area contributed by atoms with Gasteiger partial charge in [-0.05, 0) is 37.2 Å². The van der Waals surface area contributed by atoms with Gasteiger partial charge in [0.05, 0.1) is 0 Å². The Morgan fingerprint density at radius 3 is 2.36 bits per heavy atom. The summed E-state index contributed by atoms with van der Waals surface area (Å²) in [6.07, 6.45) is 3.92. The molecule has 1 heterocycles. The normalized spacial score (nSPS) is 15.8. The number of piperidine rings is 1. The van der Waals surface area contributed by atoms with Crippen LogP contribution in [0, 0.1) is 5.92 Å². The van der Waals surface area contributed by atoms with Crippen LogP contribution in [-0.2, 0) is 11.3 Å². The molecule has 0 unspecified atom stereocenters. The molecule has 0 aliphatic carbocycles. The van der Waals surface area contributed by atoms with E-state index < -0.39 is 6.04 Å². The predicted molar refractivity (Wildman–Crippen MR) is 100 cm³/mol. The number of hydrogen-bond acceptors (Lipinski definition) is 2. The number of amides is 3. The van der Waals surface area contributed by atoms with Gasteiger partial charge in [0.2, 0.25) is 5.91 Å². The Bertz CT molecular complexity index is 553. The quantitative estimate of drug-likeness (QED) is 0.860. The van der Waals surface area contributed by atoms with Crippen molar-refractivity contribution in [3.8, 4) is 0 Å². The van der Waals surface area contributed by atoms with Gasteiger partial charge in [-0.3, -0.25) is 4.79 Å². The van der Waals surface area contributed by atoms with Gasteiger partial charge in [-0.2, -0.15) is 0 Å². The minimum atomic E-state index is -0.469. The van der Waals surface area contributed by atoms with Gasteiger partial charge >= 0.3 is 6.03 Å². The lowest BCUT2D eigenvalue weighted by molar-refractivity contribution is -0.132. The fraction of sp³-hybridized carbons (Fsp3) is 0.600. The zero-order valence-corrected chi connectivity index (χ0v) is 15.7. The van der Waals surface area contributed by atoms with E-state index >= 15 is 0 Å². The van der Waals surface area contributed by atoms with Gasteiger partial charge in [0.1, 0.15) is 6.04 Å². The Morgan fingerprint density at radius 2 is 1.76 bits per heavy atom. The molecule has 3 amide bonds. The molecule has 5 nitrogen and oxygen atoms in total. The Hall–Kier alpha value is -2.04. The topological polar surface area (TPSA) is 52.7 Å². The standard InChI is InChI=1S/C20H31N3O2/c1-16(2)14-18(21-20(25)23-12-8-5-9-13-23)19(24)22(3)15-17-10-6-4-7-11-17/h4,6-7,10-11,16,18H,5,8-9,12-15H2,1-3H3,(H,21,25)/t18-/m0/s1. The molecule has 2 rings (SSSR count). The van der Waals surface area contributed by atoms with Gasteiger partial charge in [-0.25, -0.2) is 4.79 Å². The molecule has 1 aromatic rings. The second-order valence-corrected chi connectivity index (χ2v) is 7.36. The number of hydrogen-bond donors (Lipinski definition) is 1. The zero-order valence-electron chi connectivity index (χ0n) is 15.7. The van der Waals surface area contributed by atoms with E-state index in [2.05, 4.69) is 19.2 Å². The van der Waals surface area contributed by atoms with E-state index in [1.54, 1.807) is 11.9 Å². The van der Waals surface area contributed by atoms with Crippen LogP contribution in [0.15, 0.2) is 30.3 Å². The molecule has 1 atom stereocenters. The van der Waals surface area contributed by atoms with Crippen LogP contribution in [0.4, 0.5) is 4.79 Å². The molecule has 5 heteroatoms. The fourth-order valence-electron chi connectivity index (χ4n) is 3.23. The summed E-state index contributed by atoms with van der Waals surface area (Å²) in [7, 11) is 1.80. The number of benzene rings is 1. The van der Waals surface area contributed by atoms with Gasteiger partial charge in [0, 0.05) is 26.7 Å². The van der Waals surface area contributed by atoms with Crippen LogP contribution in [-0.4, -0.2) is 47.9 Å². The van der Waals surface area contributed by atoms with E-state index in [1.165, 1.54) is 6.42 Å². The fourth-order valence-corrected chi connectivity index (χ4v) is 3.23. The molecule has 1 N–H and O–H groups in total. The predicted octanol–water partition coefficient (Wildman–Crippen LogP) is 3.26. The van der Waals surface area contributed by atoms with Gasteiger partial charge in [-0.1, -0.05) is 44.2 Å². The molecule has 0 bridgehead atoms. The number of nitrogens with zero attached hydrogens (tertiary/aromatic N) is 2. The molecule has 1 saturated heterocycles. The smallest absolute Gasteiger partial charge is 0.318 e. The summed E-state index contributed by atoms with van der Waals surface area (Å²) < 4.78 is 0. The van der Waals surface area contributed by atoms with Crippen LogP contribution < -0.4 is 5.32 Å². The largest absolute Gasteiger partial charge is 0.340 e. The Kier molecular flexibility index (Phi) is 7.29. The highest BCUT2D eigenvalue weighted by Crippen LogP contribution is 2.13. The van der Waals surface area contributed by atoms with Crippen molar-refractivity contribution in [1.82, 2.24) is 15.1 Å². The number of likely N-dealkylation sites (tertiary alicyclic amines) is 1. The van der Waals surface area contributed by atoms with Crippen LogP contribution in [0.5, 0.6) is 0 Å². The van der Waals surface area contributed by atoms with Crippen molar-refractivity contribution in [1.29, 1.82) is 0 Å². The maximum atomic E-state index is 12.9. The average Bonchev–Trinajstić information content (AvgIpc) is 2.61. The molecule has 1 aromatic carbocycles. The number of likely N-dealkylation sites (N-methyl/N-ethyl adjacent to an activating group) is 1. The molecular formula is C20H31N3O2. The van der Waals surface area contributed by atoms with Crippen LogP contribution in [0.1, 0.15) is 45.1 Å². The molecule has 1 aliphatic heterocycles. The van der Waals surface area contributed by atoms with Crippen LogP contribution in [0.3, 0.4) is 0 Å². The van der Waals surface area contributed by atoms with Crippen LogP contribution in [0.25, 0.3) is 0 Å². The van der Waals surface area contributed by atoms with Crippen molar-refractivity contribution >= 4 is 11.9 Å². The first kappa shape index (κ1) is 19.3. The molecule has 0 radical (unpaired) electrons. The summed E-state index contributed by atoms with van der Waals surface area (Å²) in [5, 5.41) is 2.98. The van der Waals surface area contributed by atoms with E-state index in [-0.39, 0.29) is 11.9 Å². The minimum absolute atomic E-state index is 0.0251. The van der Waals surface area contributed by atoms with E-state index in [0.29, 0.717) is 18.9 Å². The van der Waals surface area contributed by atoms with Crippen molar-refractivity contribution in [2.75, 3.05) is 20.1 Å². The van der Waals surface area contributed by atoms with Crippen molar-refractivity contribution in [2.24, 2.45) is 5.92 Å². The third kappa shape index (κ3) is 6.07. The maximum absolute atomic E-state index is 12.9. The Morgan fingerprint density at radius 1 is 1.12 bits per heavy atom. The van der Waals surface area contributed by atoms with Crippen molar-refractivity contribution in [3.63, 3.8) is 0 Å². The summed E-state index contributed by atoms with van der Waals surface area (Å²) >= 11 is 0. The molecule has 1 aliphatic rings. The lowest BCUT2D eigenvalue weighted by Gasteiger charge is -2.31. The van der Waals surface area contributed by atoms with E-state index in [0.717, 1.165) is 31.5 Å². The summed E-state index contributed by atoms with van der Waals surface area (Å²) in [4.78, 5) is 29.0. The highest BCUT2D eigenvalue weighted by Gasteiger charge is 2.27. The van der Waals surface area contributed by atoms with Crippen molar-refractivity contribution in [3.05, 3.63) is 35.9 Å². The van der Waals surface area contributed by atoms with Gasteiger partial charge < -0.3 is 15.1 Å². The number of carbonyl (C=O) groups excluding carboxylic acids is 2. The Balaban J connectivity index is 1.99. The average molecular weight is 345 g/mol. The van der Waals surface area contributed by atoms with Crippen LogP contribution >= 0.6 is 0 Å². The van der Waals surface area contributed by atoms with Gasteiger partial charge in [0.15, 0.2) is 0 Å². The third-order valence-corrected chi connectivity index (χ3v) is 4.58. The summed E-state index contributed by atoms with van der Waals surface area (Å²) in [6.45, 7) is 6.27. The van der Waals surface area contributed by atoms with Crippen molar-refractivity contribution < 1.29 is 9.59 Å². The highest BCUT2D eigenvalue weighted by molar-refractivity contribution is 5.87. The van der Waals surface area contributed by atoms with Crippen molar-refractivity contribution in [2.45, 2.75) is 52.1 Å². The first-order valence-corrected chi connectivity index (χ1v) is 9.31. The monoisotopic (exact) mass is 345 g/mol. The van der Waals surface area contributed by atoms with Gasteiger partial charge in [0.25, 0.3) is 0 Å². The highest BCUT2D eigenvalue weighted by atomic mass is 16.2. The molecule has 0 aromatic heterocycles. The van der Waals surface area contributed by atoms with E-state index in [4.69, 9.17) is 0 Å². The summed E-state index contributed by atoms with van der Waals surface area (Å²) in [6, 6.07) is 9.34. The summed E-state index contributed by atoms with van der Waals surface area (Å²) in [5.74, 6) is 0.309. The van der Waals surface area contributed by atoms with Gasteiger partial charge in [-0.15, -0.1) is 0 Å². The molecule has 0 saturated carbocycles. The van der Waals surface area contributed by atoms with E-state index in [9.17, 15) is 9.59 Å². The second kappa shape index (κ2) is 9.44. The first-order chi connectivity index (χ1) is 12.0. The molecule has 0 spiro atoms.